The molecule has 1 atom stereocenters. The molecule has 3 heterocycles. The molecular formula is C15H21N3O3. The number of hydrogen-bond acceptors (Lipinski definition) is 5. The van der Waals surface area contributed by atoms with Crippen LogP contribution in [-0.2, 0) is 9.47 Å². The van der Waals surface area contributed by atoms with Crippen LogP contribution in [-0.4, -0.2) is 60.3 Å². The average Bonchev–Trinajstić information content (AvgIpc) is 2.91. The van der Waals surface area contributed by atoms with Crippen molar-refractivity contribution in [2.75, 3.05) is 33.4 Å². The quantitative estimate of drug-likeness (QED) is 0.835. The van der Waals surface area contributed by atoms with Crippen molar-refractivity contribution in [1.29, 1.82) is 0 Å². The van der Waals surface area contributed by atoms with Crippen LogP contribution in [0.15, 0.2) is 18.5 Å². The number of hydrogen-bond donors (Lipinski definition) is 0. The Morgan fingerprint density at radius 3 is 2.81 bits per heavy atom. The maximum atomic E-state index is 12.3. The van der Waals surface area contributed by atoms with Crippen molar-refractivity contribution in [1.82, 2.24) is 14.9 Å². The fraction of sp³-hybridized carbons (Fsp3) is 0.667. The lowest BCUT2D eigenvalue weighted by atomic mass is 9.76. The van der Waals surface area contributed by atoms with Gasteiger partial charge in [-0.2, -0.15) is 0 Å². The number of carbonyl (C=O) groups excluding carboxylic acids is 1. The van der Waals surface area contributed by atoms with E-state index in [9.17, 15) is 4.79 Å². The Morgan fingerprint density at radius 1 is 1.43 bits per heavy atom. The first-order valence-corrected chi connectivity index (χ1v) is 7.39. The van der Waals surface area contributed by atoms with E-state index >= 15 is 0 Å². The Labute approximate surface area is 124 Å². The highest BCUT2D eigenvalue weighted by Crippen LogP contribution is 2.42. The molecule has 1 spiro atoms. The normalized spacial score (nSPS) is 24.4. The fourth-order valence-electron chi connectivity index (χ4n) is 3.27. The molecular weight excluding hydrogens is 270 g/mol. The van der Waals surface area contributed by atoms with Gasteiger partial charge in [0.1, 0.15) is 0 Å². The number of rotatable bonds is 3. The van der Waals surface area contributed by atoms with E-state index in [1.54, 1.807) is 25.6 Å². The third kappa shape index (κ3) is 3.06. The van der Waals surface area contributed by atoms with Crippen molar-refractivity contribution < 1.29 is 14.3 Å². The summed E-state index contributed by atoms with van der Waals surface area (Å²) in [4.78, 5) is 22.2. The summed E-state index contributed by atoms with van der Waals surface area (Å²) >= 11 is 0. The molecule has 1 aromatic rings. The van der Waals surface area contributed by atoms with Crippen LogP contribution in [0.25, 0.3) is 0 Å². The lowest BCUT2D eigenvalue weighted by Crippen LogP contribution is -2.44. The summed E-state index contributed by atoms with van der Waals surface area (Å²) in [7, 11) is 1.70. The molecule has 3 rings (SSSR count). The lowest BCUT2D eigenvalue weighted by Gasteiger charge is -2.38. The number of likely N-dealkylation sites (tertiary alicyclic amines) is 1. The van der Waals surface area contributed by atoms with E-state index in [1.807, 2.05) is 4.90 Å². The molecule has 0 bridgehead atoms. The maximum Gasteiger partial charge on any atom is 0.291 e. The average molecular weight is 291 g/mol. The zero-order valence-electron chi connectivity index (χ0n) is 12.3. The predicted molar refractivity (Wildman–Crippen MR) is 75.8 cm³/mol. The van der Waals surface area contributed by atoms with Gasteiger partial charge in [-0.3, -0.25) is 4.79 Å². The van der Waals surface area contributed by atoms with E-state index < -0.39 is 0 Å². The van der Waals surface area contributed by atoms with Gasteiger partial charge in [0.25, 0.3) is 5.91 Å². The number of carbonyl (C=O) groups is 1. The largest absolute Gasteiger partial charge is 0.382 e. The van der Waals surface area contributed by atoms with Gasteiger partial charge in [-0.15, -0.1) is 0 Å². The van der Waals surface area contributed by atoms with Crippen LogP contribution in [0.5, 0.6) is 0 Å². The molecule has 1 amide bonds. The minimum Gasteiger partial charge on any atom is -0.382 e. The molecule has 2 saturated heterocycles. The monoisotopic (exact) mass is 291 g/mol. The summed E-state index contributed by atoms with van der Waals surface area (Å²) in [5, 5.41) is 0. The first-order valence-electron chi connectivity index (χ1n) is 7.39. The van der Waals surface area contributed by atoms with Crippen molar-refractivity contribution in [3.8, 4) is 0 Å². The molecule has 0 radical (unpaired) electrons. The zero-order valence-corrected chi connectivity index (χ0v) is 12.3. The lowest BCUT2D eigenvalue weighted by molar-refractivity contribution is 0.0279. The van der Waals surface area contributed by atoms with Gasteiger partial charge in [-0.05, 0) is 30.7 Å². The molecule has 0 aliphatic carbocycles. The molecule has 6 heteroatoms. The number of piperidine rings is 1. The number of methoxy groups -OCH3 is 1. The van der Waals surface area contributed by atoms with Crippen molar-refractivity contribution in [2.45, 2.75) is 25.4 Å². The van der Waals surface area contributed by atoms with Crippen molar-refractivity contribution in [2.24, 2.45) is 5.41 Å². The van der Waals surface area contributed by atoms with Crippen molar-refractivity contribution in [3.63, 3.8) is 0 Å². The third-order valence-corrected chi connectivity index (χ3v) is 4.51. The second-order valence-electron chi connectivity index (χ2n) is 5.96. The first-order chi connectivity index (χ1) is 10.2. The fourth-order valence-corrected chi connectivity index (χ4v) is 3.27. The van der Waals surface area contributed by atoms with Gasteiger partial charge in [0.05, 0.1) is 19.3 Å². The maximum absolute atomic E-state index is 12.3. The van der Waals surface area contributed by atoms with E-state index in [0.29, 0.717) is 6.61 Å². The van der Waals surface area contributed by atoms with E-state index in [0.717, 1.165) is 39.0 Å². The van der Waals surface area contributed by atoms with E-state index in [4.69, 9.17) is 9.47 Å². The first kappa shape index (κ1) is 14.4. The Hall–Kier alpha value is -1.53. The second kappa shape index (κ2) is 6.07. The Balaban J connectivity index is 1.57. The highest BCUT2D eigenvalue weighted by Gasteiger charge is 2.43. The molecule has 2 aliphatic rings. The van der Waals surface area contributed by atoms with E-state index in [1.165, 1.54) is 0 Å². The number of aromatic nitrogens is 2. The summed E-state index contributed by atoms with van der Waals surface area (Å²) in [6.45, 7) is 2.94. The molecule has 21 heavy (non-hydrogen) atoms. The van der Waals surface area contributed by atoms with Gasteiger partial charge in [-0.25, -0.2) is 9.97 Å². The second-order valence-corrected chi connectivity index (χ2v) is 5.96. The molecule has 1 unspecified atom stereocenters. The van der Waals surface area contributed by atoms with Gasteiger partial charge in [0.15, 0.2) is 0 Å². The van der Waals surface area contributed by atoms with Crippen LogP contribution in [0.4, 0.5) is 0 Å². The number of nitrogens with zero attached hydrogens (tertiary/aromatic N) is 3. The Bertz CT molecular complexity index is 486. The zero-order chi connectivity index (χ0) is 14.7. The summed E-state index contributed by atoms with van der Waals surface area (Å²) in [5.74, 6) is 0.214. The molecule has 0 saturated carbocycles. The standard InChI is InChI=1S/C15H21N3O3/c1-20-10-12-9-15(11-21-12)3-7-18(8-4-15)14(19)13-16-5-2-6-17-13/h2,5-6,12H,3-4,7-11H2,1H3. The van der Waals surface area contributed by atoms with Crippen LogP contribution >= 0.6 is 0 Å². The molecule has 0 N–H and O–H groups in total. The minimum atomic E-state index is -0.0715. The van der Waals surface area contributed by atoms with Crippen LogP contribution < -0.4 is 0 Å². The van der Waals surface area contributed by atoms with Gasteiger partial charge >= 0.3 is 0 Å². The molecule has 1 aromatic heterocycles. The van der Waals surface area contributed by atoms with Crippen molar-refractivity contribution in [3.05, 3.63) is 24.3 Å². The van der Waals surface area contributed by atoms with Crippen LogP contribution in [0, 0.1) is 5.41 Å². The smallest absolute Gasteiger partial charge is 0.291 e. The van der Waals surface area contributed by atoms with E-state index in [-0.39, 0.29) is 23.3 Å². The number of amides is 1. The number of ether oxygens (including phenoxy) is 2. The molecule has 2 aliphatic heterocycles. The van der Waals surface area contributed by atoms with Crippen LogP contribution in [0.1, 0.15) is 29.9 Å². The van der Waals surface area contributed by atoms with Crippen LogP contribution in [0.3, 0.4) is 0 Å². The molecule has 6 nitrogen and oxygen atoms in total. The topological polar surface area (TPSA) is 64.5 Å². The third-order valence-electron chi connectivity index (χ3n) is 4.51. The predicted octanol–water partition coefficient (Wildman–Crippen LogP) is 1.13. The van der Waals surface area contributed by atoms with Gasteiger partial charge < -0.3 is 14.4 Å². The Kier molecular flexibility index (Phi) is 4.17. The van der Waals surface area contributed by atoms with Gasteiger partial charge in [0, 0.05) is 32.6 Å². The Morgan fingerprint density at radius 2 is 2.14 bits per heavy atom. The van der Waals surface area contributed by atoms with Gasteiger partial charge in [-0.1, -0.05) is 0 Å². The molecule has 114 valence electrons. The highest BCUT2D eigenvalue weighted by atomic mass is 16.5. The summed E-state index contributed by atoms with van der Waals surface area (Å²) < 4.78 is 11.0. The molecule has 2 fully saturated rings. The van der Waals surface area contributed by atoms with Crippen LogP contribution in [0.2, 0.25) is 0 Å². The summed E-state index contributed by atoms with van der Waals surface area (Å²) in [6.07, 6.45) is 6.40. The summed E-state index contributed by atoms with van der Waals surface area (Å²) in [6, 6.07) is 1.72. The van der Waals surface area contributed by atoms with Crippen molar-refractivity contribution >= 4 is 5.91 Å². The van der Waals surface area contributed by atoms with Gasteiger partial charge in [0.2, 0.25) is 5.82 Å². The minimum absolute atomic E-state index is 0.0715. The molecule has 0 aromatic carbocycles. The van der Waals surface area contributed by atoms with E-state index in [2.05, 4.69) is 9.97 Å². The summed E-state index contributed by atoms with van der Waals surface area (Å²) in [5.41, 5.74) is 0.220. The SMILES string of the molecule is COCC1CC2(CCN(C(=O)c3ncccn3)CC2)CO1. The highest BCUT2D eigenvalue weighted by molar-refractivity contribution is 5.90.